The van der Waals surface area contributed by atoms with Crippen molar-refractivity contribution >= 4 is 17.9 Å². The number of allylic oxidation sites excluding steroid dienone is 8. The minimum atomic E-state index is -0.779. The number of rotatable bonds is 63. The van der Waals surface area contributed by atoms with Gasteiger partial charge < -0.3 is 14.2 Å². The molecule has 0 saturated carbocycles. The van der Waals surface area contributed by atoms with Gasteiger partial charge in [0.25, 0.3) is 0 Å². The van der Waals surface area contributed by atoms with E-state index in [1.165, 1.54) is 257 Å². The highest BCUT2D eigenvalue weighted by molar-refractivity contribution is 5.71. The molecule has 450 valence electrons. The molecule has 1 atom stereocenters. The molecule has 6 nitrogen and oxygen atoms in total. The smallest absolute Gasteiger partial charge is 0.306 e. The van der Waals surface area contributed by atoms with Gasteiger partial charge in [-0.3, -0.25) is 14.4 Å². The van der Waals surface area contributed by atoms with Crippen LogP contribution in [0, 0.1) is 0 Å². The largest absolute Gasteiger partial charge is 0.462 e. The molecule has 0 aromatic heterocycles. The fraction of sp³-hybridized carbons (Fsp3) is 0.845. The van der Waals surface area contributed by atoms with Crippen LogP contribution in [-0.4, -0.2) is 37.2 Å². The molecule has 0 fully saturated rings. The molecule has 0 aromatic carbocycles. The van der Waals surface area contributed by atoms with Gasteiger partial charge in [-0.15, -0.1) is 0 Å². The van der Waals surface area contributed by atoms with Crippen molar-refractivity contribution < 1.29 is 28.6 Å². The first kappa shape index (κ1) is 74.4. The number of ether oxygens (including phenoxy) is 3. The van der Waals surface area contributed by atoms with Gasteiger partial charge in [0.1, 0.15) is 13.2 Å². The first-order valence-electron chi connectivity index (χ1n) is 34.1. The maximum atomic E-state index is 12.9. The minimum Gasteiger partial charge on any atom is -0.462 e. The topological polar surface area (TPSA) is 78.9 Å². The highest BCUT2D eigenvalue weighted by Crippen LogP contribution is 2.17. The summed E-state index contributed by atoms with van der Waals surface area (Å²) in [5, 5.41) is 0. The van der Waals surface area contributed by atoms with Crippen LogP contribution in [0.4, 0.5) is 0 Å². The van der Waals surface area contributed by atoms with Crippen molar-refractivity contribution in [3.8, 4) is 0 Å². The van der Waals surface area contributed by atoms with Crippen molar-refractivity contribution in [1.29, 1.82) is 0 Å². The summed E-state index contributed by atoms with van der Waals surface area (Å²) in [5.74, 6) is -0.866. The van der Waals surface area contributed by atoms with Crippen LogP contribution >= 0.6 is 0 Å². The summed E-state index contributed by atoms with van der Waals surface area (Å²) in [5.41, 5.74) is 0. The number of hydrogen-bond acceptors (Lipinski definition) is 6. The van der Waals surface area contributed by atoms with Gasteiger partial charge in [-0.1, -0.05) is 294 Å². The molecule has 0 amide bonds. The number of unbranched alkanes of at least 4 members (excludes halogenated alkanes) is 44. The van der Waals surface area contributed by atoms with Crippen LogP contribution in [0.5, 0.6) is 0 Å². The van der Waals surface area contributed by atoms with Gasteiger partial charge in [-0.05, 0) is 103 Å². The molecule has 6 heteroatoms. The molecule has 0 saturated heterocycles. The molecule has 0 aliphatic carbocycles. The Morgan fingerprint density at radius 3 is 0.727 bits per heavy atom. The van der Waals surface area contributed by atoms with Crippen molar-refractivity contribution in [2.24, 2.45) is 0 Å². The van der Waals surface area contributed by atoms with Crippen LogP contribution in [-0.2, 0) is 28.6 Å². The Morgan fingerprint density at radius 2 is 0.468 bits per heavy atom. The lowest BCUT2D eigenvalue weighted by Gasteiger charge is -2.18. The van der Waals surface area contributed by atoms with Gasteiger partial charge in [0.15, 0.2) is 6.10 Å². The van der Waals surface area contributed by atoms with Gasteiger partial charge in [0, 0.05) is 19.3 Å². The maximum Gasteiger partial charge on any atom is 0.306 e. The van der Waals surface area contributed by atoms with Gasteiger partial charge in [-0.2, -0.15) is 0 Å². The second-order valence-corrected chi connectivity index (χ2v) is 23.1. The summed E-state index contributed by atoms with van der Waals surface area (Å²) < 4.78 is 17.0. The average Bonchev–Trinajstić information content (AvgIpc) is 3.43. The lowest BCUT2D eigenvalue weighted by Crippen LogP contribution is -2.30. The van der Waals surface area contributed by atoms with E-state index in [2.05, 4.69) is 69.4 Å². The molecule has 0 bridgehead atoms. The molecule has 0 aliphatic rings. The van der Waals surface area contributed by atoms with Crippen LogP contribution < -0.4 is 0 Å². The summed E-state index contributed by atoms with van der Waals surface area (Å²) >= 11 is 0. The second-order valence-electron chi connectivity index (χ2n) is 23.1. The Labute approximate surface area is 479 Å². The predicted octanol–water partition coefficient (Wildman–Crippen LogP) is 23.3. The number of carbonyl (C=O) groups excluding carboxylic acids is 3. The average molecular weight is 1080 g/mol. The van der Waals surface area contributed by atoms with Crippen LogP contribution in [0.15, 0.2) is 48.6 Å². The SMILES string of the molecule is CCCCCCC/C=C\C/C=C\CCCCCCCCCCCCCCCC(=O)OCC(COC(=O)CCCCCCC/C=C\CCCCCCCCC)OC(=O)CCCCCCCCC/C=C\CCCCCCCCC. The number of esters is 3. The fourth-order valence-corrected chi connectivity index (χ4v) is 10.1. The van der Waals surface area contributed by atoms with Gasteiger partial charge in [0.05, 0.1) is 0 Å². The summed E-state index contributed by atoms with van der Waals surface area (Å²) in [6, 6.07) is 0. The summed E-state index contributed by atoms with van der Waals surface area (Å²) in [4.78, 5) is 38.4. The van der Waals surface area contributed by atoms with Crippen LogP contribution in [0.2, 0.25) is 0 Å². The Bertz CT molecular complexity index is 1330. The van der Waals surface area contributed by atoms with Crippen LogP contribution in [0.3, 0.4) is 0 Å². The van der Waals surface area contributed by atoms with E-state index in [1.54, 1.807) is 0 Å². The van der Waals surface area contributed by atoms with E-state index in [0.29, 0.717) is 19.3 Å². The zero-order valence-electron chi connectivity index (χ0n) is 51.7. The number of carbonyl (C=O) groups is 3. The first-order valence-corrected chi connectivity index (χ1v) is 34.1. The predicted molar refractivity (Wildman–Crippen MR) is 335 cm³/mol. The Morgan fingerprint density at radius 1 is 0.260 bits per heavy atom. The summed E-state index contributed by atoms with van der Waals surface area (Å²) in [6.07, 6.45) is 82.7. The fourth-order valence-electron chi connectivity index (χ4n) is 10.1. The first-order chi connectivity index (χ1) is 38.0. The van der Waals surface area contributed by atoms with Crippen molar-refractivity contribution in [2.75, 3.05) is 13.2 Å². The Balaban J connectivity index is 4.30. The van der Waals surface area contributed by atoms with E-state index < -0.39 is 6.10 Å². The highest BCUT2D eigenvalue weighted by Gasteiger charge is 2.19. The van der Waals surface area contributed by atoms with E-state index in [9.17, 15) is 14.4 Å². The molecule has 0 rings (SSSR count). The Kier molecular flexibility index (Phi) is 63.6. The van der Waals surface area contributed by atoms with Gasteiger partial charge in [-0.25, -0.2) is 0 Å². The van der Waals surface area contributed by atoms with Crippen molar-refractivity contribution in [2.45, 2.75) is 374 Å². The maximum absolute atomic E-state index is 12.9. The normalized spacial score (nSPS) is 12.3. The third kappa shape index (κ3) is 64.1. The molecule has 0 spiro atoms. The monoisotopic (exact) mass is 1080 g/mol. The van der Waals surface area contributed by atoms with E-state index >= 15 is 0 Å². The summed E-state index contributed by atoms with van der Waals surface area (Å²) in [6.45, 7) is 6.67. The lowest BCUT2D eigenvalue weighted by molar-refractivity contribution is -0.167. The molecule has 0 aromatic rings. The molecule has 0 heterocycles. The zero-order chi connectivity index (χ0) is 55.7. The standard InChI is InChI=1S/C71H130O6/c1-4-7-10-13-16-19-22-25-28-31-33-34-35-36-37-38-39-41-43-46-49-52-55-58-61-64-70(73)76-67-68(66-75-69(72)63-60-57-54-51-48-45-42-30-27-24-21-18-15-12-9-6-3)77-71(74)65-62-59-56-53-50-47-44-40-32-29-26-23-20-17-14-11-8-5-2/h22,25,29-33,42,68H,4-21,23-24,26-28,34-41,43-67H2,1-3H3/b25-22-,32-29-,33-31-,42-30-. The van der Waals surface area contributed by atoms with Gasteiger partial charge >= 0.3 is 17.9 Å². The van der Waals surface area contributed by atoms with Crippen LogP contribution in [0.1, 0.15) is 367 Å². The summed E-state index contributed by atoms with van der Waals surface area (Å²) in [7, 11) is 0. The molecular weight excluding hydrogens is 949 g/mol. The third-order valence-electron chi connectivity index (χ3n) is 15.3. The minimum absolute atomic E-state index is 0.0750. The van der Waals surface area contributed by atoms with E-state index in [4.69, 9.17) is 14.2 Å². The lowest BCUT2D eigenvalue weighted by atomic mass is 10.0. The van der Waals surface area contributed by atoms with Crippen molar-refractivity contribution in [3.05, 3.63) is 48.6 Å². The molecule has 0 aliphatic heterocycles. The van der Waals surface area contributed by atoms with E-state index in [-0.39, 0.29) is 31.1 Å². The highest BCUT2D eigenvalue weighted by atomic mass is 16.6. The second kappa shape index (κ2) is 65.9. The van der Waals surface area contributed by atoms with Crippen molar-refractivity contribution in [3.63, 3.8) is 0 Å². The van der Waals surface area contributed by atoms with E-state index in [0.717, 1.165) is 70.6 Å². The molecule has 1 unspecified atom stereocenters. The molecule has 0 N–H and O–H groups in total. The molecular formula is C71H130O6. The van der Waals surface area contributed by atoms with Gasteiger partial charge in [0.2, 0.25) is 0 Å². The van der Waals surface area contributed by atoms with Crippen molar-refractivity contribution in [1.82, 2.24) is 0 Å². The zero-order valence-corrected chi connectivity index (χ0v) is 51.7. The molecule has 0 radical (unpaired) electrons. The van der Waals surface area contributed by atoms with Crippen LogP contribution in [0.25, 0.3) is 0 Å². The number of hydrogen-bond donors (Lipinski definition) is 0. The van der Waals surface area contributed by atoms with E-state index in [1.807, 2.05) is 0 Å². The third-order valence-corrected chi connectivity index (χ3v) is 15.3. The Hall–Kier alpha value is -2.63. The quantitative estimate of drug-likeness (QED) is 0.0261. The molecule has 77 heavy (non-hydrogen) atoms.